The molecule has 0 fully saturated rings. The van der Waals surface area contributed by atoms with Gasteiger partial charge in [-0.1, -0.05) is 25.4 Å². The van der Waals surface area contributed by atoms with Crippen LogP contribution in [0.5, 0.6) is 0 Å². The van der Waals surface area contributed by atoms with Crippen molar-refractivity contribution in [1.29, 1.82) is 0 Å². The van der Waals surface area contributed by atoms with Crippen molar-refractivity contribution in [3.63, 3.8) is 0 Å². The molecule has 1 amide bonds. The molecule has 1 aromatic rings. The highest BCUT2D eigenvalue weighted by Crippen LogP contribution is 2.21. The summed E-state index contributed by atoms with van der Waals surface area (Å²) in [6.45, 7) is 4.77. The van der Waals surface area contributed by atoms with Gasteiger partial charge in [-0.15, -0.1) is 0 Å². The van der Waals surface area contributed by atoms with Crippen molar-refractivity contribution in [2.75, 3.05) is 18.0 Å². The number of nitrogens with one attached hydrogen (secondary N) is 1. The Bertz CT molecular complexity index is 478. The number of nitrogen functional groups attached to an aromatic ring is 1. The molecule has 0 bridgehead atoms. The molecule has 0 heterocycles. The minimum atomic E-state index is -1.44. The van der Waals surface area contributed by atoms with Crippen LogP contribution in [0.25, 0.3) is 0 Å². The zero-order valence-electron chi connectivity index (χ0n) is 11.1. The summed E-state index contributed by atoms with van der Waals surface area (Å²) in [5.74, 6) is 0.218. The second-order valence-corrected chi connectivity index (χ2v) is 6.56. The third-order valence-corrected chi connectivity index (χ3v) is 4.14. The van der Waals surface area contributed by atoms with Crippen molar-refractivity contribution in [1.82, 2.24) is 5.32 Å². The van der Waals surface area contributed by atoms with Crippen molar-refractivity contribution in [2.24, 2.45) is 5.92 Å². The molecule has 0 saturated heterocycles. The van der Waals surface area contributed by atoms with Crippen molar-refractivity contribution in [3.05, 3.63) is 23.2 Å². The van der Waals surface area contributed by atoms with Gasteiger partial charge < -0.3 is 11.1 Å². The fourth-order valence-electron chi connectivity index (χ4n) is 1.47. The number of carbonyl (C=O) groups excluding carboxylic acids is 1. The van der Waals surface area contributed by atoms with Crippen molar-refractivity contribution < 1.29 is 9.00 Å². The Morgan fingerprint density at radius 3 is 2.74 bits per heavy atom. The molecule has 1 aromatic carbocycles. The Labute approximate surface area is 121 Å². The largest absolute Gasteiger partial charge is 0.398 e. The Morgan fingerprint density at radius 2 is 2.16 bits per heavy atom. The highest BCUT2D eigenvalue weighted by molar-refractivity contribution is 7.86. The number of benzene rings is 1. The molecular weight excluding hydrogens is 284 g/mol. The summed E-state index contributed by atoms with van der Waals surface area (Å²) in [4.78, 5) is 12.1. The van der Waals surface area contributed by atoms with E-state index in [2.05, 4.69) is 19.2 Å². The highest BCUT2D eigenvalue weighted by Gasteiger charge is 2.13. The van der Waals surface area contributed by atoms with E-state index in [4.69, 9.17) is 17.3 Å². The van der Waals surface area contributed by atoms with E-state index >= 15 is 0 Å². The van der Waals surface area contributed by atoms with Crippen LogP contribution in [-0.2, 0) is 15.6 Å². The Kier molecular flexibility index (Phi) is 6.31. The molecule has 0 aliphatic heterocycles. The molecule has 0 aliphatic carbocycles. The van der Waals surface area contributed by atoms with E-state index < -0.39 is 10.8 Å². The topological polar surface area (TPSA) is 72.2 Å². The quantitative estimate of drug-likeness (QED) is 0.791. The maximum atomic E-state index is 12.0. The zero-order chi connectivity index (χ0) is 14.4. The lowest BCUT2D eigenvalue weighted by molar-refractivity contribution is -0.118. The van der Waals surface area contributed by atoms with Gasteiger partial charge in [0.15, 0.2) is 0 Å². The van der Waals surface area contributed by atoms with E-state index in [1.807, 2.05) is 0 Å². The van der Waals surface area contributed by atoms with Gasteiger partial charge in [0.05, 0.1) is 15.7 Å². The summed E-state index contributed by atoms with van der Waals surface area (Å²) in [5.41, 5.74) is 6.08. The molecule has 0 spiro atoms. The van der Waals surface area contributed by atoms with E-state index in [0.717, 1.165) is 6.42 Å². The van der Waals surface area contributed by atoms with Crippen molar-refractivity contribution in [3.8, 4) is 0 Å². The molecule has 1 unspecified atom stereocenters. The minimum absolute atomic E-state index is 0.0794. The van der Waals surface area contributed by atoms with Gasteiger partial charge in [0.1, 0.15) is 5.75 Å². The van der Waals surface area contributed by atoms with Crippen LogP contribution in [0.3, 0.4) is 0 Å². The van der Waals surface area contributed by atoms with Crippen LogP contribution in [0.15, 0.2) is 23.1 Å². The molecule has 3 N–H and O–H groups in total. The van der Waals surface area contributed by atoms with Crippen LogP contribution < -0.4 is 11.1 Å². The summed E-state index contributed by atoms with van der Waals surface area (Å²) in [7, 11) is -1.44. The van der Waals surface area contributed by atoms with Gasteiger partial charge in [-0.25, -0.2) is 0 Å². The first-order valence-corrected chi connectivity index (χ1v) is 7.80. The van der Waals surface area contributed by atoms with Crippen LogP contribution in [0, 0.1) is 5.92 Å². The fraction of sp³-hybridized carbons (Fsp3) is 0.462. The standard InChI is InChI=1S/C13H19ClN2O2S/c1-9(2)5-6-16-13(17)8-19(18)12-4-3-10(14)7-11(12)15/h3-4,7,9H,5-6,8,15H2,1-2H3,(H,16,17). The molecular formula is C13H19ClN2O2S. The summed E-state index contributed by atoms with van der Waals surface area (Å²) in [6.07, 6.45) is 0.904. The third-order valence-electron chi connectivity index (χ3n) is 2.52. The average molecular weight is 303 g/mol. The van der Waals surface area contributed by atoms with Gasteiger partial charge in [-0.3, -0.25) is 9.00 Å². The van der Waals surface area contributed by atoms with Crippen LogP contribution in [-0.4, -0.2) is 22.4 Å². The molecule has 1 rings (SSSR count). The molecule has 0 aromatic heterocycles. The summed E-state index contributed by atoms with van der Waals surface area (Å²) in [6, 6.07) is 4.74. The molecule has 0 saturated carbocycles. The predicted molar refractivity (Wildman–Crippen MR) is 79.6 cm³/mol. The first-order valence-electron chi connectivity index (χ1n) is 6.10. The highest BCUT2D eigenvalue weighted by atomic mass is 35.5. The number of hydrogen-bond donors (Lipinski definition) is 2. The van der Waals surface area contributed by atoms with Crippen LogP contribution >= 0.6 is 11.6 Å². The van der Waals surface area contributed by atoms with Crippen LogP contribution in [0.1, 0.15) is 20.3 Å². The Balaban J connectivity index is 2.52. The Morgan fingerprint density at radius 1 is 1.47 bits per heavy atom. The molecule has 19 heavy (non-hydrogen) atoms. The first-order chi connectivity index (χ1) is 8.90. The number of carbonyl (C=O) groups is 1. The maximum absolute atomic E-state index is 12.0. The van der Waals surface area contributed by atoms with Gasteiger partial charge in [0.2, 0.25) is 5.91 Å². The molecule has 0 aliphatic rings. The van der Waals surface area contributed by atoms with Crippen LogP contribution in [0.4, 0.5) is 5.69 Å². The average Bonchev–Trinajstić information content (AvgIpc) is 2.27. The summed E-state index contributed by atoms with van der Waals surface area (Å²) in [5, 5.41) is 3.23. The lowest BCUT2D eigenvalue weighted by Crippen LogP contribution is -2.29. The normalized spacial score (nSPS) is 12.4. The predicted octanol–water partition coefficient (Wildman–Crippen LogP) is 2.19. The minimum Gasteiger partial charge on any atom is -0.398 e. The molecule has 0 radical (unpaired) electrons. The van der Waals surface area contributed by atoms with Gasteiger partial charge in [-0.05, 0) is 30.5 Å². The number of rotatable bonds is 6. The number of halogens is 1. The third kappa shape index (κ3) is 5.61. The smallest absolute Gasteiger partial charge is 0.233 e. The summed E-state index contributed by atoms with van der Waals surface area (Å²) < 4.78 is 12.0. The summed E-state index contributed by atoms with van der Waals surface area (Å²) >= 11 is 5.77. The Hall–Kier alpha value is -1.07. The van der Waals surface area contributed by atoms with Gasteiger partial charge >= 0.3 is 0 Å². The van der Waals surface area contributed by atoms with Crippen molar-refractivity contribution in [2.45, 2.75) is 25.2 Å². The van der Waals surface area contributed by atoms with E-state index in [9.17, 15) is 9.00 Å². The van der Waals surface area contributed by atoms with E-state index in [-0.39, 0.29) is 11.7 Å². The van der Waals surface area contributed by atoms with Gasteiger partial charge in [0, 0.05) is 17.3 Å². The lowest BCUT2D eigenvalue weighted by atomic mass is 10.1. The number of anilines is 1. The van der Waals surface area contributed by atoms with E-state index in [1.54, 1.807) is 12.1 Å². The van der Waals surface area contributed by atoms with Gasteiger partial charge in [0.25, 0.3) is 0 Å². The monoisotopic (exact) mass is 302 g/mol. The maximum Gasteiger partial charge on any atom is 0.233 e. The van der Waals surface area contributed by atoms with E-state index in [1.165, 1.54) is 6.07 Å². The van der Waals surface area contributed by atoms with Gasteiger partial charge in [-0.2, -0.15) is 0 Å². The molecule has 6 heteroatoms. The molecule has 4 nitrogen and oxygen atoms in total. The van der Waals surface area contributed by atoms with Crippen molar-refractivity contribution >= 4 is 34.0 Å². The SMILES string of the molecule is CC(C)CCNC(=O)CS(=O)c1ccc(Cl)cc1N. The van der Waals surface area contributed by atoms with E-state index in [0.29, 0.717) is 28.1 Å². The zero-order valence-corrected chi connectivity index (χ0v) is 12.7. The molecule has 106 valence electrons. The number of amides is 1. The number of nitrogens with two attached hydrogens (primary N) is 1. The molecule has 1 atom stereocenters. The fourth-order valence-corrected chi connectivity index (χ4v) is 2.69. The first kappa shape index (κ1) is 16.0. The second kappa shape index (κ2) is 7.50. The van der Waals surface area contributed by atoms with Crippen LogP contribution in [0.2, 0.25) is 5.02 Å². The number of hydrogen-bond acceptors (Lipinski definition) is 3. The second-order valence-electron chi connectivity index (χ2n) is 4.70. The lowest BCUT2D eigenvalue weighted by Gasteiger charge is -2.08.